The molecule has 0 aromatic carbocycles. The van der Waals surface area contributed by atoms with Crippen LogP contribution in [0, 0.1) is 0 Å². The Morgan fingerprint density at radius 3 is 3.05 bits per heavy atom. The van der Waals surface area contributed by atoms with Gasteiger partial charge in [0.1, 0.15) is 0 Å². The molecule has 0 N–H and O–H groups in total. The van der Waals surface area contributed by atoms with E-state index in [2.05, 4.69) is 45.8 Å². The highest BCUT2D eigenvalue weighted by Gasteiger charge is 2.19. The molecule has 0 aliphatic carbocycles. The average Bonchev–Trinajstić information content (AvgIpc) is 3.03. The molecule has 0 fully saturated rings. The quantitative estimate of drug-likeness (QED) is 0.849. The molecule has 0 saturated heterocycles. The van der Waals surface area contributed by atoms with Gasteiger partial charge in [-0.3, -0.25) is 4.90 Å². The van der Waals surface area contributed by atoms with Gasteiger partial charge in [-0.15, -0.1) is 11.3 Å². The zero-order valence-electron chi connectivity index (χ0n) is 12.8. The summed E-state index contributed by atoms with van der Waals surface area (Å²) in [6.45, 7) is 8.96. The van der Waals surface area contributed by atoms with Crippen LogP contribution in [0.15, 0.2) is 23.8 Å². The average molecular weight is 305 g/mol. The van der Waals surface area contributed by atoms with Gasteiger partial charge in [0.2, 0.25) is 0 Å². The van der Waals surface area contributed by atoms with E-state index in [1.54, 1.807) is 0 Å². The zero-order valence-corrected chi connectivity index (χ0v) is 13.6. The lowest BCUT2D eigenvalue weighted by Crippen LogP contribution is -2.23. The second-order valence-corrected chi connectivity index (χ2v) is 6.87. The first kappa shape index (κ1) is 14.8. The molecular weight excluding hydrogens is 282 g/mol. The third-order valence-electron chi connectivity index (χ3n) is 3.79. The Bertz CT molecular complexity index is 562. The summed E-state index contributed by atoms with van der Waals surface area (Å²) in [6.07, 6.45) is 3.40. The number of fused-ring (bicyclic) bond motifs is 1. The van der Waals surface area contributed by atoms with Crippen LogP contribution in [0.1, 0.15) is 36.5 Å². The second kappa shape index (κ2) is 6.73. The van der Waals surface area contributed by atoms with E-state index in [0.717, 1.165) is 31.9 Å². The van der Waals surface area contributed by atoms with Gasteiger partial charge in [0.15, 0.2) is 0 Å². The molecule has 0 amide bonds. The van der Waals surface area contributed by atoms with E-state index in [1.165, 1.54) is 17.0 Å². The lowest BCUT2D eigenvalue weighted by Gasteiger charge is -2.19. The van der Waals surface area contributed by atoms with E-state index in [0.29, 0.717) is 6.61 Å². The molecule has 0 unspecified atom stereocenters. The molecule has 0 saturated carbocycles. The molecule has 5 heteroatoms. The Morgan fingerprint density at radius 2 is 2.29 bits per heavy atom. The Balaban J connectivity index is 1.72. The van der Waals surface area contributed by atoms with Crippen LogP contribution in [0.2, 0.25) is 0 Å². The van der Waals surface area contributed by atoms with E-state index in [-0.39, 0.29) is 6.10 Å². The highest BCUT2D eigenvalue weighted by Crippen LogP contribution is 2.20. The first-order chi connectivity index (χ1) is 10.2. The molecule has 1 aliphatic heterocycles. The van der Waals surface area contributed by atoms with E-state index in [1.807, 2.05) is 17.7 Å². The Labute approximate surface area is 130 Å². The predicted octanol–water partition coefficient (Wildman–Crippen LogP) is 3.28. The summed E-state index contributed by atoms with van der Waals surface area (Å²) >= 11 is 1.84. The molecule has 0 radical (unpaired) electrons. The van der Waals surface area contributed by atoms with Gasteiger partial charge in [-0.25, -0.2) is 4.98 Å². The van der Waals surface area contributed by atoms with Crippen molar-refractivity contribution in [2.45, 2.75) is 52.6 Å². The van der Waals surface area contributed by atoms with Crippen molar-refractivity contribution in [2.75, 3.05) is 6.54 Å². The Kier molecular flexibility index (Phi) is 4.73. The van der Waals surface area contributed by atoms with Crippen molar-refractivity contribution in [1.29, 1.82) is 0 Å². The number of hydrogen-bond donors (Lipinski definition) is 0. The van der Waals surface area contributed by atoms with Crippen LogP contribution in [-0.4, -0.2) is 27.1 Å². The number of aromatic nitrogens is 2. The number of nitrogens with zero attached hydrogens (tertiary/aromatic N) is 3. The minimum Gasteiger partial charge on any atom is -0.372 e. The second-order valence-electron chi connectivity index (χ2n) is 5.83. The molecular formula is C16H23N3OS. The van der Waals surface area contributed by atoms with Crippen molar-refractivity contribution >= 4 is 11.3 Å². The topological polar surface area (TPSA) is 30.3 Å². The van der Waals surface area contributed by atoms with Crippen molar-refractivity contribution in [3.63, 3.8) is 0 Å². The highest BCUT2D eigenvalue weighted by atomic mass is 32.1. The molecule has 3 rings (SSSR count). The molecule has 3 heterocycles. The van der Waals surface area contributed by atoms with Gasteiger partial charge < -0.3 is 9.30 Å². The minimum absolute atomic E-state index is 0.246. The summed E-state index contributed by atoms with van der Waals surface area (Å²) in [5.41, 5.74) is 2.42. The molecule has 1 aliphatic rings. The maximum absolute atomic E-state index is 5.74. The van der Waals surface area contributed by atoms with E-state index in [4.69, 9.17) is 4.74 Å². The summed E-state index contributed by atoms with van der Waals surface area (Å²) < 4.78 is 8.04. The Hall–Kier alpha value is -1.17. The van der Waals surface area contributed by atoms with Gasteiger partial charge in [0.25, 0.3) is 0 Å². The fourth-order valence-electron chi connectivity index (χ4n) is 2.70. The lowest BCUT2D eigenvalue weighted by molar-refractivity contribution is 0.0628. The van der Waals surface area contributed by atoms with Crippen LogP contribution in [0.4, 0.5) is 0 Å². The van der Waals surface area contributed by atoms with Crippen molar-refractivity contribution in [3.8, 4) is 0 Å². The highest BCUT2D eigenvalue weighted by molar-refractivity contribution is 7.09. The van der Waals surface area contributed by atoms with Crippen LogP contribution < -0.4 is 0 Å². The number of ether oxygens (including phenoxy) is 1. The summed E-state index contributed by atoms with van der Waals surface area (Å²) in [5.74, 6) is 0. The molecule has 2 aromatic rings. The van der Waals surface area contributed by atoms with E-state index in [9.17, 15) is 0 Å². The number of aryl methyl sites for hydroxylation is 1. The summed E-state index contributed by atoms with van der Waals surface area (Å²) in [6, 6.07) is 4.35. The molecule has 114 valence electrons. The van der Waals surface area contributed by atoms with Gasteiger partial charge in [-0.1, -0.05) is 6.07 Å². The molecule has 0 spiro atoms. The molecule has 4 nitrogen and oxygen atoms in total. The molecule has 0 atom stereocenters. The van der Waals surface area contributed by atoms with Gasteiger partial charge in [0.05, 0.1) is 30.4 Å². The van der Waals surface area contributed by atoms with Gasteiger partial charge in [0, 0.05) is 31.1 Å². The summed E-state index contributed by atoms with van der Waals surface area (Å²) in [7, 11) is 0. The first-order valence-electron chi connectivity index (χ1n) is 7.61. The third-order valence-corrected chi connectivity index (χ3v) is 4.65. The normalized spacial score (nSPS) is 16.1. The number of hydrogen-bond acceptors (Lipinski definition) is 4. The number of rotatable bonds is 5. The fourth-order valence-corrected chi connectivity index (χ4v) is 3.45. The van der Waals surface area contributed by atoms with Gasteiger partial charge in [-0.05, 0) is 31.7 Å². The van der Waals surface area contributed by atoms with Crippen LogP contribution in [0.5, 0.6) is 0 Å². The smallest absolute Gasteiger partial charge is 0.0953 e. The van der Waals surface area contributed by atoms with Crippen LogP contribution in [0.3, 0.4) is 0 Å². The largest absolute Gasteiger partial charge is 0.372 e. The first-order valence-corrected chi connectivity index (χ1v) is 8.49. The van der Waals surface area contributed by atoms with E-state index < -0.39 is 0 Å². The van der Waals surface area contributed by atoms with Crippen molar-refractivity contribution in [1.82, 2.24) is 14.5 Å². The van der Waals surface area contributed by atoms with Crippen molar-refractivity contribution in [2.24, 2.45) is 0 Å². The maximum atomic E-state index is 5.74. The molecule has 2 aromatic heterocycles. The van der Waals surface area contributed by atoms with Crippen molar-refractivity contribution < 1.29 is 4.74 Å². The predicted molar refractivity (Wildman–Crippen MR) is 85.2 cm³/mol. The van der Waals surface area contributed by atoms with Crippen LogP contribution in [-0.2, 0) is 31.0 Å². The Morgan fingerprint density at radius 1 is 1.38 bits per heavy atom. The monoisotopic (exact) mass is 305 g/mol. The molecule has 21 heavy (non-hydrogen) atoms. The number of imidazole rings is 1. The minimum atomic E-state index is 0.246. The standard InChI is InChI=1S/C16H23N3OS/c1-13(2)20-11-15-16-10-18(9-14-5-3-8-21-14)6-4-7-19(16)12-17-15/h3,5,8,12-13H,4,6-7,9-11H2,1-2H3. The van der Waals surface area contributed by atoms with Crippen LogP contribution in [0.25, 0.3) is 0 Å². The SMILES string of the molecule is CC(C)OCc1ncn2c1CN(Cc1cccs1)CCC2. The van der Waals surface area contributed by atoms with Crippen LogP contribution >= 0.6 is 11.3 Å². The maximum Gasteiger partial charge on any atom is 0.0953 e. The molecule has 0 bridgehead atoms. The number of thiophene rings is 1. The van der Waals surface area contributed by atoms with Gasteiger partial charge >= 0.3 is 0 Å². The van der Waals surface area contributed by atoms with Crippen molar-refractivity contribution in [3.05, 3.63) is 40.1 Å². The fraction of sp³-hybridized carbons (Fsp3) is 0.562. The third kappa shape index (κ3) is 3.73. The van der Waals surface area contributed by atoms with Gasteiger partial charge in [-0.2, -0.15) is 0 Å². The lowest BCUT2D eigenvalue weighted by atomic mass is 10.3. The zero-order chi connectivity index (χ0) is 14.7. The summed E-state index contributed by atoms with van der Waals surface area (Å²) in [4.78, 5) is 8.51. The summed E-state index contributed by atoms with van der Waals surface area (Å²) in [5, 5.41) is 2.15. The van der Waals surface area contributed by atoms with E-state index >= 15 is 0 Å².